The average Bonchev–Trinajstić information content (AvgIpc) is 2.46. The van der Waals surface area contributed by atoms with Crippen LogP contribution in [0.4, 0.5) is 0 Å². The predicted octanol–water partition coefficient (Wildman–Crippen LogP) is 3.14. The van der Waals surface area contributed by atoms with Gasteiger partial charge in [0, 0.05) is 17.6 Å². The highest BCUT2D eigenvalue weighted by molar-refractivity contribution is 9.10. The molecule has 1 aromatic carbocycles. The Hall–Kier alpha value is -1.27. The Balaban J connectivity index is 2.76. The minimum atomic E-state index is -0.781. The van der Waals surface area contributed by atoms with Gasteiger partial charge in [-0.1, -0.05) is 29.8 Å². The van der Waals surface area contributed by atoms with E-state index < -0.39 is 11.4 Å². The number of halogens is 1. The fraction of sp³-hybridized carbons (Fsp3) is 0.533. The van der Waals surface area contributed by atoms with Crippen molar-refractivity contribution in [2.45, 2.75) is 33.2 Å². The predicted molar refractivity (Wildman–Crippen MR) is 84.7 cm³/mol. The molecule has 1 aromatic rings. The second kappa shape index (κ2) is 7.66. The quantitative estimate of drug-likeness (QED) is 0.664. The van der Waals surface area contributed by atoms with E-state index >= 15 is 0 Å². The highest BCUT2D eigenvalue weighted by Gasteiger charge is 2.34. The number of nitrogens with one attached hydrogen (secondary N) is 1. The smallest absolute Gasteiger partial charge is 0.310 e. The maximum atomic E-state index is 11.4. The second-order valence-corrected chi connectivity index (χ2v) is 5.87. The molecule has 3 N–H and O–H groups in total. The molecule has 5 nitrogen and oxygen atoms in total. The first-order chi connectivity index (χ1) is 9.90. The number of phenolic OH excluding ortho intramolecular Hbond substituents is 1. The van der Waals surface area contributed by atoms with E-state index in [0.29, 0.717) is 31.7 Å². The van der Waals surface area contributed by atoms with Gasteiger partial charge in [0.25, 0.3) is 0 Å². The van der Waals surface area contributed by atoms with Gasteiger partial charge < -0.3 is 20.3 Å². The van der Waals surface area contributed by atoms with Crippen LogP contribution in [0, 0.1) is 5.41 Å². The van der Waals surface area contributed by atoms with Gasteiger partial charge in [-0.25, -0.2) is 0 Å². The molecule has 0 radical (unpaired) electrons. The van der Waals surface area contributed by atoms with Gasteiger partial charge in [0.05, 0.1) is 12.5 Å². The molecular weight excluding hydrogens is 338 g/mol. The van der Waals surface area contributed by atoms with Crippen LogP contribution in [0.2, 0.25) is 0 Å². The van der Waals surface area contributed by atoms with Crippen molar-refractivity contribution in [1.82, 2.24) is 5.32 Å². The minimum absolute atomic E-state index is 0.0629. The third-order valence-electron chi connectivity index (χ3n) is 3.93. The van der Waals surface area contributed by atoms with Crippen molar-refractivity contribution in [3.63, 3.8) is 0 Å². The largest absolute Gasteiger partial charge is 0.504 e. The third kappa shape index (κ3) is 4.11. The Morgan fingerprint density at radius 2 is 2.00 bits per heavy atom. The number of carboxylic acid groups (broad SMARTS) is 1. The van der Waals surface area contributed by atoms with Gasteiger partial charge >= 0.3 is 5.97 Å². The van der Waals surface area contributed by atoms with Crippen LogP contribution in [0.25, 0.3) is 0 Å². The van der Waals surface area contributed by atoms with Gasteiger partial charge in [-0.2, -0.15) is 0 Å². The van der Waals surface area contributed by atoms with Crippen molar-refractivity contribution in [3.8, 4) is 11.5 Å². The summed E-state index contributed by atoms with van der Waals surface area (Å²) >= 11 is 3.42. The number of carbonyl (C=O) groups is 1. The van der Waals surface area contributed by atoms with E-state index in [1.807, 2.05) is 13.8 Å². The monoisotopic (exact) mass is 359 g/mol. The molecule has 118 valence electrons. The van der Waals surface area contributed by atoms with Gasteiger partial charge in [-0.3, -0.25) is 4.79 Å². The molecule has 0 amide bonds. The topological polar surface area (TPSA) is 78.8 Å². The number of methoxy groups -OCH3 is 1. The van der Waals surface area contributed by atoms with Crippen LogP contribution in [0.3, 0.4) is 0 Å². The lowest BCUT2D eigenvalue weighted by Gasteiger charge is -2.27. The van der Waals surface area contributed by atoms with Crippen molar-refractivity contribution in [3.05, 3.63) is 22.2 Å². The SMILES string of the molecule is CCC(CC)(CNCc1cc(O)c(OC)cc1Br)C(=O)O. The lowest BCUT2D eigenvalue weighted by Crippen LogP contribution is -2.40. The summed E-state index contributed by atoms with van der Waals surface area (Å²) in [6.45, 7) is 4.62. The number of benzene rings is 1. The van der Waals surface area contributed by atoms with Crippen LogP contribution >= 0.6 is 15.9 Å². The number of rotatable bonds is 8. The van der Waals surface area contributed by atoms with Gasteiger partial charge in [0.15, 0.2) is 11.5 Å². The van der Waals surface area contributed by atoms with Crippen LogP contribution in [-0.2, 0) is 11.3 Å². The maximum Gasteiger partial charge on any atom is 0.310 e. The van der Waals surface area contributed by atoms with E-state index in [1.54, 1.807) is 12.1 Å². The summed E-state index contributed by atoms with van der Waals surface area (Å²) in [6.07, 6.45) is 1.14. The molecule has 0 spiro atoms. The fourth-order valence-electron chi connectivity index (χ4n) is 2.20. The lowest BCUT2D eigenvalue weighted by atomic mass is 9.82. The summed E-state index contributed by atoms with van der Waals surface area (Å²) in [7, 11) is 1.49. The number of carboxylic acids is 1. The van der Waals surface area contributed by atoms with Gasteiger partial charge in [0.1, 0.15) is 0 Å². The number of aromatic hydroxyl groups is 1. The van der Waals surface area contributed by atoms with Gasteiger partial charge in [0.2, 0.25) is 0 Å². The number of ether oxygens (including phenoxy) is 1. The fourth-order valence-corrected chi connectivity index (χ4v) is 2.66. The Morgan fingerprint density at radius 1 is 1.38 bits per heavy atom. The number of phenols is 1. The Morgan fingerprint density at radius 3 is 2.48 bits per heavy atom. The van der Waals surface area contributed by atoms with E-state index in [0.717, 1.165) is 10.0 Å². The van der Waals surface area contributed by atoms with Crippen molar-refractivity contribution in [1.29, 1.82) is 0 Å². The van der Waals surface area contributed by atoms with Crippen LogP contribution in [0.15, 0.2) is 16.6 Å². The molecule has 21 heavy (non-hydrogen) atoms. The molecule has 0 saturated heterocycles. The average molecular weight is 360 g/mol. The normalized spacial score (nSPS) is 11.4. The van der Waals surface area contributed by atoms with Crippen LogP contribution in [0.5, 0.6) is 11.5 Å². The van der Waals surface area contributed by atoms with Crippen LogP contribution in [-0.4, -0.2) is 29.8 Å². The molecule has 0 fully saturated rings. The molecule has 0 unspecified atom stereocenters. The zero-order valence-corrected chi connectivity index (χ0v) is 14.2. The molecule has 0 atom stereocenters. The second-order valence-electron chi connectivity index (χ2n) is 5.01. The highest BCUT2D eigenvalue weighted by atomic mass is 79.9. The lowest BCUT2D eigenvalue weighted by molar-refractivity contribution is -0.149. The van der Waals surface area contributed by atoms with Gasteiger partial charge in [-0.05, 0) is 30.5 Å². The Bertz CT molecular complexity index is 501. The van der Waals surface area contributed by atoms with E-state index in [-0.39, 0.29) is 5.75 Å². The van der Waals surface area contributed by atoms with Crippen molar-refractivity contribution < 1.29 is 19.7 Å². The van der Waals surface area contributed by atoms with Crippen molar-refractivity contribution >= 4 is 21.9 Å². The Labute approximate surface area is 133 Å². The first-order valence-electron chi connectivity index (χ1n) is 6.89. The molecule has 6 heteroatoms. The van der Waals surface area contributed by atoms with E-state index in [2.05, 4.69) is 21.2 Å². The summed E-state index contributed by atoms with van der Waals surface area (Å²) in [6, 6.07) is 3.30. The number of hydrogen-bond donors (Lipinski definition) is 3. The molecule has 1 rings (SSSR count). The summed E-state index contributed by atoms with van der Waals surface area (Å²) in [5.41, 5.74) is 0.0980. The molecule has 0 aliphatic carbocycles. The first-order valence-corrected chi connectivity index (χ1v) is 7.69. The zero-order valence-electron chi connectivity index (χ0n) is 12.6. The summed E-state index contributed by atoms with van der Waals surface area (Å²) < 4.78 is 5.83. The van der Waals surface area contributed by atoms with E-state index in [9.17, 15) is 15.0 Å². The van der Waals surface area contributed by atoms with Crippen LogP contribution < -0.4 is 10.1 Å². The standard InChI is InChI=1S/C15H22BrNO4/c1-4-15(5-2,14(19)20)9-17-8-10-6-12(18)13(21-3)7-11(10)16/h6-7,17-18H,4-5,8-9H2,1-3H3,(H,19,20). The molecule has 0 aromatic heterocycles. The minimum Gasteiger partial charge on any atom is -0.504 e. The molecular formula is C15H22BrNO4. The highest BCUT2D eigenvalue weighted by Crippen LogP contribution is 2.32. The molecule has 0 saturated carbocycles. The summed E-state index contributed by atoms with van der Waals surface area (Å²) in [4.78, 5) is 11.4. The number of aliphatic carboxylic acids is 1. The maximum absolute atomic E-state index is 11.4. The summed E-state index contributed by atoms with van der Waals surface area (Å²) in [5, 5.41) is 22.3. The van der Waals surface area contributed by atoms with Gasteiger partial charge in [-0.15, -0.1) is 0 Å². The summed E-state index contributed by atoms with van der Waals surface area (Å²) in [5.74, 6) is -0.322. The molecule has 0 aliphatic rings. The molecule has 0 heterocycles. The molecule has 0 bridgehead atoms. The molecule has 0 aliphatic heterocycles. The number of hydrogen-bond acceptors (Lipinski definition) is 4. The zero-order chi connectivity index (χ0) is 16.0. The Kier molecular flexibility index (Phi) is 6.48. The van der Waals surface area contributed by atoms with Crippen molar-refractivity contribution in [2.24, 2.45) is 5.41 Å². The van der Waals surface area contributed by atoms with E-state index in [1.165, 1.54) is 7.11 Å². The van der Waals surface area contributed by atoms with Crippen LogP contribution in [0.1, 0.15) is 32.3 Å². The first kappa shape index (κ1) is 17.8. The van der Waals surface area contributed by atoms with E-state index in [4.69, 9.17) is 4.74 Å². The third-order valence-corrected chi connectivity index (χ3v) is 4.67. The van der Waals surface area contributed by atoms with Crippen molar-refractivity contribution in [2.75, 3.05) is 13.7 Å².